The first-order valence-electron chi connectivity index (χ1n) is 6.62. The fourth-order valence-corrected chi connectivity index (χ4v) is 2.50. The van der Waals surface area contributed by atoms with Crippen molar-refractivity contribution in [2.75, 3.05) is 26.9 Å². The van der Waals surface area contributed by atoms with Gasteiger partial charge in [-0.15, -0.1) is 0 Å². The number of hydrogen-bond donors (Lipinski definition) is 1. The van der Waals surface area contributed by atoms with E-state index in [1.54, 1.807) is 7.11 Å². The van der Waals surface area contributed by atoms with Crippen LogP contribution in [0.1, 0.15) is 27.2 Å². The molecule has 1 saturated heterocycles. The highest BCUT2D eigenvalue weighted by atomic mass is 16.5. The number of aliphatic carboxylic acids is 1. The Morgan fingerprint density at radius 3 is 2.67 bits per heavy atom. The number of hydrogen-bond acceptors (Lipinski definition) is 4. The Labute approximate surface area is 109 Å². The Hall–Kier alpha value is -0.650. The molecule has 4 unspecified atom stereocenters. The predicted octanol–water partition coefficient (Wildman–Crippen LogP) is 1.22. The summed E-state index contributed by atoms with van der Waals surface area (Å²) >= 11 is 0. The highest BCUT2D eigenvalue weighted by molar-refractivity contribution is 5.71. The van der Waals surface area contributed by atoms with E-state index in [-0.39, 0.29) is 18.2 Å². The van der Waals surface area contributed by atoms with E-state index in [1.165, 1.54) is 0 Å². The first kappa shape index (κ1) is 15.4. The molecule has 18 heavy (non-hydrogen) atoms. The van der Waals surface area contributed by atoms with Crippen LogP contribution in [0, 0.1) is 5.92 Å². The maximum absolute atomic E-state index is 11.2. The van der Waals surface area contributed by atoms with Crippen molar-refractivity contribution in [3.8, 4) is 0 Å². The van der Waals surface area contributed by atoms with Gasteiger partial charge in [-0.2, -0.15) is 0 Å². The van der Waals surface area contributed by atoms with Crippen molar-refractivity contribution in [2.24, 2.45) is 5.92 Å². The molecule has 0 radical (unpaired) electrons. The highest BCUT2D eigenvalue weighted by Gasteiger charge is 2.40. The predicted molar refractivity (Wildman–Crippen MR) is 68.7 cm³/mol. The molecule has 0 aromatic carbocycles. The van der Waals surface area contributed by atoms with Crippen LogP contribution >= 0.6 is 0 Å². The maximum atomic E-state index is 11.2. The molecule has 1 rings (SSSR count). The Morgan fingerprint density at radius 1 is 1.50 bits per heavy atom. The van der Waals surface area contributed by atoms with Crippen LogP contribution in [-0.2, 0) is 14.3 Å². The van der Waals surface area contributed by atoms with Gasteiger partial charge in [0.25, 0.3) is 0 Å². The third-order valence-corrected chi connectivity index (χ3v) is 3.85. The van der Waals surface area contributed by atoms with E-state index in [0.29, 0.717) is 13.2 Å². The summed E-state index contributed by atoms with van der Waals surface area (Å²) in [5, 5.41) is 9.24. The molecule has 0 saturated carbocycles. The van der Waals surface area contributed by atoms with E-state index in [2.05, 4.69) is 18.7 Å². The van der Waals surface area contributed by atoms with Crippen molar-refractivity contribution < 1.29 is 19.4 Å². The normalized spacial score (nSPS) is 27.4. The summed E-state index contributed by atoms with van der Waals surface area (Å²) in [4.78, 5) is 13.5. The molecule has 5 nitrogen and oxygen atoms in total. The van der Waals surface area contributed by atoms with E-state index in [1.807, 2.05) is 6.92 Å². The zero-order chi connectivity index (χ0) is 13.7. The maximum Gasteiger partial charge on any atom is 0.310 e. The van der Waals surface area contributed by atoms with Crippen LogP contribution in [0.15, 0.2) is 0 Å². The monoisotopic (exact) mass is 259 g/mol. The zero-order valence-corrected chi connectivity index (χ0v) is 11.8. The lowest BCUT2D eigenvalue weighted by atomic mass is 9.99. The van der Waals surface area contributed by atoms with Gasteiger partial charge in [-0.3, -0.25) is 9.69 Å². The summed E-state index contributed by atoms with van der Waals surface area (Å²) in [6.07, 6.45) is 1.07. The average Bonchev–Trinajstić information content (AvgIpc) is 2.83. The number of ether oxygens (including phenoxy) is 2. The molecule has 0 amide bonds. The number of carboxylic acid groups (broad SMARTS) is 1. The van der Waals surface area contributed by atoms with Gasteiger partial charge in [0.05, 0.1) is 25.2 Å². The van der Waals surface area contributed by atoms with Crippen LogP contribution in [0.4, 0.5) is 0 Å². The summed E-state index contributed by atoms with van der Waals surface area (Å²) in [5.41, 5.74) is 0. The Kier molecular flexibility index (Phi) is 6.05. The molecule has 0 aromatic heterocycles. The lowest BCUT2D eigenvalue weighted by molar-refractivity contribution is -0.143. The first-order chi connectivity index (χ1) is 8.52. The van der Waals surface area contributed by atoms with Crippen LogP contribution in [0.5, 0.6) is 0 Å². The van der Waals surface area contributed by atoms with Crippen molar-refractivity contribution in [1.29, 1.82) is 0 Å². The quantitative estimate of drug-likeness (QED) is 0.745. The molecule has 106 valence electrons. The van der Waals surface area contributed by atoms with E-state index in [0.717, 1.165) is 13.0 Å². The van der Waals surface area contributed by atoms with E-state index in [4.69, 9.17) is 9.47 Å². The minimum absolute atomic E-state index is 0.0463. The number of rotatable bonds is 7. The molecular weight excluding hydrogens is 234 g/mol. The molecule has 1 fully saturated rings. The summed E-state index contributed by atoms with van der Waals surface area (Å²) in [7, 11) is 1.69. The first-order valence-corrected chi connectivity index (χ1v) is 6.62. The second-order valence-electron chi connectivity index (χ2n) is 4.97. The molecular formula is C13H25NO4. The summed E-state index contributed by atoms with van der Waals surface area (Å²) in [6, 6.07) is 0.138. The molecule has 0 aromatic rings. The molecule has 4 atom stereocenters. The van der Waals surface area contributed by atoms with Gasteiger partial charge in [0, 0.05) is 19.2 Å². The molecule has 0 aliphatic carbocycles. The highest BCUT2D eigenvalue weighted by Crippen LogP contribution is 2.24. The van der Waals surface area contributed by atoms with Crippen molar-refractivity contribution in [3.63, 3.8) is 0 Å². The number of methoxy groups -OCH3 is 1. The molecule has 1 heterocycles. The Balaban J connectivity index is 2.80. The molecule has 1 aliphatic heterocycles. The van der Waals surface area contributed by atoms with E-state index in [9.17, 15) is 9.90 Å². The van der Waals surface area contributed by atoms with Gasteiger partial charge in [-0.05, 0) is 26.8 Å². The van der Waals surface area contributed by atoms with Crippen LogP contribution < -0.4 is 0 Å². The van der Waals surface area contributed by atoms with Gasteiger partial charge in [0.15, 0.2) is 0 Å². The smallest absolute Gasteiger partial charge is 0.310 e. The van der Waals surface area contributed by atoms with Crippen LogP contribution in [0.2, 0.25) is 0 Å². The topological polar surface area (TPSA) is 59.0 Å². The Morgan fingerprint density at radius 2 is 2.17 bits per heavy atom. The molecule has 1 N–H and O–H groups in total. The minimum Gasteiger partial charge on any atom is -0.481 e. The minimum atomic E-state index is -0.768. The van der Waals surface area contributed by atoms with E-state index >= 15 is 0 Å². The lowest BCUT2D eigenvalue weighted by Gasteiger charge is -2.37. The average molecular weight is 259 g/mol. The SMILES string of the molecule is CCCN(C(C)C(C)OC)C1COCC1C(=O)O. The fourth-order valence-electron chi connectivity index (χ4n) is 2.50. The summed E-state index contributed by atoms with van der Waals surface area (Å²) < 4.78 is 10.7. The van der Waals surface area contributed by atoms with Crippen molar-refractivity contribution in [2.45, 2.75) is 45.4 Å². The fraction of sp³-hybridized carbons (Fsp3) is 0.923. The van der Waals surface area contributed by atoms with Gasteiger partial charge in [0.1, 0.15) is 0 Å². The number of carbonyl (C=O) groups is 1. The van der Waals surface area contributed by atoms with Crippen molar-refractivity contribution in [1.82, 2.24) is 4.90 Å². The van der Waals surface area contributed by atoms with Crippen LogP contribution in [0.25, 0.3) is 0 Å². The Bertz CT molecular complexity index is 272. The number of carboxylic acids is 1. The molecule has 1 aliphatic rings. The van der Waals surface area contributed by atoms with Gasteiger partial charge in [0.2, 0.25) is 0 Å². The molecule has 0 bridgehead atoms. The van der Waals surface area contributed by atoms with Crippen LogP contribution in [-0.4, -0.2) is 61.0 Å². The van der Waals surface area contributed by atoms with E-state index < -0.39 is 11.9 Å². The van der Waals surface area contributed by atoms with Gasteiger partial charge in [-0.1, -0.05) is 6.92 Å². The standard InChI is InChI=1S/C13H25NO4/c1-5-6-14(9(2)10(3)17-4)12-8-18-7-11(12)13(15)16/h9-12H,5-8H2,1-4H3,(H,15,16). The zero-order valence-electron chi connectivity index (χ0n) is 11.8. The van der Waals surface area contributed by atoms with Crippen molar-refractivity contribution in [3.05, 3.63) is 0 Å². The second kappa shape index (κ2) is 7.07. The second-order valence-corrected chi connectivity index (χ2v) is 4.97. The summed E-state index contributed by atoms with van der Waals surface area (Å²) in [6.45, 7) is 7.88. The molecule has 0 spiro atoms. The number of nitrogens with zero attached hydrogens (tertiary/aromatic N) is 1. The van der Waals surface area contributed by atoms with Gasteiger partial charge < -0.3 is 14.6 Å². The summed E-state index contributed by atoms with van der Waals surface area (Å²) in [5.74, 6) is -1.20. The third kappa shape index (κ3) is 3.43. The van der Waals surface area contributed by atoms with Crippen LogP contribution in [0.3, 0.4) is 0 Å². The van der Waals surface area contributed by atoms with Gasteiger partial charge >= 0.3 is 5.97 Å². The third-order valence-electron chi connectivity index (χ3n) is 3.85. The van der Waals surface area contributed by atoms with Gasteiger partial charge in [-0.25, -0.2) is 0 Å². The largest absolute Gasteiger partial charge is 0.481 e. The lowest BCUT2D eigenvalue weighted by Crippen LogP contribution is -2.51. The van der Waals surface area contributed by atoms with Crippen molar-refractivity contribution >= 4 is 5.97 Å². The molecule has 5 heteroatoms.